The molecule has 0 aromatic heterocycles. The van der Waals surface area contributed by atoms with E-state index in [4.69, 9.17) is 0 Å². The second kappa shape index (κ2) is 7.43. The third-order valence-electron chi connectivity index (χ3n) is 2.75. The van der Waals surface area contributed by atoms with Crippen LogP contribution in [0.4, 0.5) is 5.69 Å². The minimum atomic E-state index is -0.101. The summed E-state index contributed by atoms with van der Waals surface area (Å²) in [5.74, 6) is 0.192. The number of Topliss-reactive ketones (excluding diaryl/α,β-unsaturated/α-hetero) is 1. The number of benzene rings is 2. The average Bonchev–Trinajstić information content (AvgIpc) is 2.46. The molecule has 0 aliphatic carbocycles. The summed E-state index contributed by atoms with van der Waals surface area (Å²) in [5.41, 5.74) is 1.23. The SMILES string of the molecule is CC(=O)c1cccc(NC(=O)CSc2ccccc2Br)c1. The van der Waals surface area contributed by atoms with Crippen LogP contribution in [0.2, 0.25) is 0 Å². The second-order valence-electron chi connectivity index (χ2n) is 4.40. The van der Waals surface area contributed by atoms with Crippen LogP contribution in [0.25, 0.3) is 0 Å². The number of ketones is 1. The Morgan fingerprint density at radius 2 is 1.90 bits per heavy atom. The standard InChI is InChI=1S/C16H14BrNO2S/c1-11(19)12-5-4-6-13(9-12)18-16(20)10-21-15-8-3-2-7-14(15)17/h2-9H,10H2,1H3,(H,18,20). The van der Waals surface area contributed by atoms with Gasteiger partial charge in [-0.3, -0.25) is 9.59 Å². The number of rotatable bonds is 5. The van der Waals surface area contributed by atoms with Crippen molar-refractivity contribution in [2.45, 2.75) is 11.8 Å². The molecule has 0 unspecified atom stereocenters. The molecule has 0 radical (unpaired) electrons. The Kier molecular flexibility index (Phi) is 5.59. The molecule has 5 heteroatoms. The van der Waals surface area contributed by atoms with Crippen molar-refractivity contribution in [1.82, 2.24) is 0 Å². The van der Waals surface area contributed by atoms with Crippen LogP contribution in [0.1, 0.15) is 17.3 Å². The number of thioether (sulfide) groups is 1. The van der Waals surface area contributed by atoms with Gasteiger partial charge in [0.2, 0.25) is 5.91 Å². The Hall–Kier alpha value is -1.59. The van der Waals surface area contributed by atoms with Gasteiger partial charge in [0.15, 0.2) is 5.78 Å². The van der Waals surface area contributed by atoms with Gasteiger partial charge in [-0.2, -0.15) is 0 Å². The maximum atomic E-state index is 11.9. The molecule has 2 aromatic rings. The van der Waals surface area contributed by atoms with Crippen LogP contribution in [-0.4, -0.2) is 17.4 Å². The summed E-state index contributed by atoms with van der Waals surface area (Å²) in [6.07, 6.45) is 0. The monoisotopic (exact) mass is 363 g/mol. The summed E-state index contributed by atoms with van der Waals surface area (Å²) in [4.78, 5) is 24.3. The van der Waals surface area contributed by atoms with Crippen LogP contribution in [0, 0.1) is 0 Å². The first kappa shape index (κ1) is 15.8. The summed E-state index contributed by atoms with van der Waals surface area (Å²) in [5, 5.41) is 2.80. The first-order chi connectivity index (χ1) is 10.1. The molecule has 108 valence electrons. The van der Waals surface area contributed by atoms with Gasteiger partial charge in [0, 0.05) is 20.6 Å². The molecule has 2 aromatic carbocycles. The lowest BCUT2D eigenvalue weighted by Gasteiger charge is -2.07. The van der Waals surface area contributed by atoms with Gasteiger partial charge in [-0.25, -0.2) is 0 Å². The Morgan fingerprint density at radius 1 is 1.14 bits per heavy atom. The Balaban J connectivity index is 1.95. The number of carbonyl (C=O) groups is 2. The predicted molar refractivity (Wildman–Crippen MR) is 89.9 cm³/mol. The number of hydrogen-bond acceptors (Lipinski definition) is 3. The highest BCUT2D eigenvalue weighted by molar-refractivity contribution is 9.10. The van der Waals surface area contributed by atoms with Gasteiger partial charge in [0.1, 0.15) is 0 Å². The van der Waals surface area contributed by atoms with Crippen molar-refractivity contribution in [3.05, 3.63) is 58.6 Å². The van der Waals surface area contributed by atoms with Gasteiger partial charge >= 0.3 is 0 Å². The van der Waals surface area contributed by atoms with Gasteiger partial charge in [-0.1, -0.05) is 24.3 Å². The van der Waals surface area contributed by atoms with E-state index in [1.807, 2.05) is 24.3 Å². The lowest BCUT2D eigenvalue weighted by molar-refractivity contribution is -0.113. The summed E-state index contributed by atoms with van der Waals surface area (Å²) >= 11 is 4.91. The highest BCUT2D eigenvalue weighted by atomic mass is 79.9. The molecule has 0 heterocycles. The number of halogens is 1. The van der Waals surface area contributed by atoms with Crippen LogP contribution < -0.4 is 5.32 Å². The first-order valence-corrected chi connectivity index (χ1v) is 8.12. The van der Waals surface area contributed by atoms with E-state index in [9.17, 15) is 9.59 Å². The van der Waals surface area contributed by atoms with Gasteiger partial charge in [0.25, 0.3) is 0 Å². The van der Waals surface area contributed by atoms with Crippen molar-refractivity contribution in [1.29, 1.82) is 0 Å². The van der Waals surface area contributed by atoms with Crippen LogP contribution in [0.5, 0.6) is 0 Å². The Bertz CT molecular complexity index is 673. The molecule has 0 bridgehead atoms. The number of hydrogen-bond donors (Lipinski definition) is 1. The minimum absolute atomic E-state index is 0.0197. The maximum absolute atomic E-state index is 11.9. The summed E-state index contributed by atoms with van der Waals surface area (Å²) in [6, 6.07) is 14.7. The Morgan fingerprint density at radius 3 is 2.62 bits per heavy atom. The molecular weight excluding hydrogens is 350 g/mol. The molecular formula is C16H14BrNO2S. The van der Waals surface area contributed by atoms with E-state index in [-0.39, 0.29) is 11.7 Å². The third kappa shape index (κ3) is 4.72. The quantitative estimate of drug-likeness (QED) is 0.633. The highest BCUT2D eigenvalue weighted by Crippen LogP contribution is 2.27. The van der Waals surface area contributed by atoms with E-state index in [0.29, 0.717) is 17.0 Å². The van der Waals surface area contributed by atoms with Gasteiger partial charge in [-0.15, -0.1) is 11.8 Å². The largest absolute Gasteiger partial charge is 0.325 e. The van der Waals surface area contributed by atoms with Crippen LogP contribution in [0.15, 0.2) is 57.9 Å². The van der Waals surface area contributed by atoms with Crippen molar-refractivity contribution in [3.63, 3.8) is 0 Å². The number of anilines is 1. The van der Waals surface area contributed by atoms with Crippen molar-refractivity contribution < 1.29 is 9.59 Å². The number of amides is 1. The lowest BCUT2D eigenvalue weighted by atomic mass is 10.1. The minimum Gasteiger partial charge on any atom is -0.325 e. The molecule has 21 heavy (non-hydrogen) atoms. The van der Waals surface area contributed by atoms with E-state index in [2.05, 4.69) is 21.2 Å². The van der Waals surface area contributed by atoms with E-state index < -0.39 is 0 Å². The maximum Gasteiger partial charge on any atom is 0.234 e. The van der Waals surface area contributed by atoms with Gasteiger partial charge in [0.05, 0.1) is 5.75 Å². The van der Waals surface area contributed by atoms with Crippen LogP contribution in [0.3, 0.4) is 0 Å². The van der Waals surface area contributed by atoms with E-state index in [1.54, 1.807) is 24.3 Å². The fourth-order valence-electron chi connectivity index (χ4n) is 1.72. The topological polar surface area (TPSA) is 46.2 Å². The first-order valence-electron chi connectivity index (χ1n) is 6.34. The van der Waals surface area contributed by atoms with E-state index >= 15 is 0 Å². The summed E-state index contributed by atoms with van der Waals surface area (Å²) in [7, 11) is 0. The van der Waals surface area contributed by atoms with Crippen molar-refractivity contribution in [2.24, 2.45) is 0 Å². The molecule has 0 atom stereocenters. The molecule has 0 aliphatic rings. The van der Waals surface area contributed by atoms with Gasteiger partial charge in [-0.05, 0) is 47.1 Å². The molecule has 1 amide bonds. The average molecular weight is 364 g/mol. The molecule has 1 N–H and O–H groups in total. The van der Waals surface area contributed by atoms with Crippen LogP contribution in [-0.2, 0) is 4.79 Å². The molecule has 0 aliphatic heterocycles. The molecule has 0 saturated carbocycles. The van der Waals surface area contributed by atoms with E-state index in [0.717, 1.165) is 9.37 Å². The van der Waals surface area contributed by atoms with Crippen molar-refractivity contribution in [3.8, 4) is 0 Å². The molecule has 0 fully saturated rings. The number of nitrogens with one attached hydrogen (secondary N) is 1. The Labute approximate surface area is 136 Å². The third-order valence-corrected chi connectivity index (χ3v) is 4.78. The molecule has 2 rings (SSSR count). The molecule has 0 saturated heterocycles. The lowest BCUT2D eigenvalue weighted by Crippen LogP contribution is -2.14. The zero-order valence-electron chi connectivity index (χ0n) is 11.4. The second-order valence-corrected chi connectivity index (χ2v) is 6.28. The fourth-order valence-corrected chi connectivity index (χ4v) is 3.09. The molecule has 3 nitrogen and oxygen atoms in total. The smallest absolute Gasteiger partial charge is 0.234 e. The molecule has 0 spiro atoms. The fraction of sp³-hybridized carbons (Fsp3) is 0.125. The predicted octanol–water partition coefficient (Wildman–Crippen LogP) is 4.38. The zero-order valence-corrected chi connectivity index (χ0v) is 13.8. The number of carbonyl (C=O) groups excluding carboxylic acids is 2. The zero-order chi connectivity index (χ0) is 15.2. The summed E-state index contributed by atoms with van der Waals surface area (Å²) < 4.78 is 0.973. The van der Waals surface area contributed by atoms with Crippen LogP contribution >= 0.6 is 27.7 Å². The van der Waals surface area contributed by atoms with E-state index in [1.165, 1.54) is 18.7 Å². The summed E-state index contributed by atoms with van der Waals surface area (Å²) in [6.45, 7) is 1.50. The van der Waals surface area contributed by atoms with Gasteiger partial charge < -0.3 is 5.32 Å². The normalized spacial score (nSPS) is 10.2. The highest BCUT2D eigenvalue weighted by Gasteiger charge is 2.07. The van der Waals surface area contributed by atoms with Crippen molar-refractivity contribution in [2.75, 3.05) is 11.1 Å². The van der Waals surface area contributed by atoms with Crippen molar-refractivity contribution >= 4 is 45.1 Å².